The molecule has 2 atom stereocenters. The summed E-state index contributed by atoms with van der Waals surface area (Å²) in [6, 6.07) is 5.82. The van der Waals surface area contributed by atoms with Gasteiger partial charge in [-0.25, -0.2) is 4.39 Å². The van der Waals surface area contributed by atoms with Crippen LogP contribution >= 0.6 is 0 Å². The van der Waals surface area contributed by atoms with Gasteiger partial charge < -0.3 is 5.32 Å². The van der Waals surface area contributed by atoms with Crippen molar-refractivity contribution in [3.8, 4) is 0 Å². The number of aryl methyl sites for hydroxylation is 1. The van der Waals surface area contributed by atoms with E-state index in [-0.39, 0.29) is 5.82 Å². The fraction of sp³-hybridized carbons (Fsp3) is 0.600. The van der Waals surface area contributed by atoms with Gasteiger partial charge in [-0.3, -0.25) is 4.90 Å². The van der Waals surface area contributed by atoms with Crippen molar-refractivity contribution in [2.75, 3.05) is 19.6 Å². The second-order valence-corrected chi connectivity index (χ2v) is 5.73. The minimum absolute atomic E-state index is 0.131. The highest BCUT2D eigenvalue weighted by atomic mass is 19.1. The third-order valence-corrected chi connectivity index (χ3v) is 4.37. The van der Waals surface area contributed by atoms with E-state index in [2.05, 4.69) is 10.2 Å². The number of halogens is 1. The number of hydrogen-bond donors (Lipinski definition) is 1. The van der Waals surface area contributed by atoms with Crippen LogP contribution < -0.4 is 5.32 Å². The van der Waals surface area contributed by atoms with E-state index in [4.69, 9.17) is 0 Å². The Bertz CT molecular complexity index is 419. The van der Waals surface area contributed by atoms with E-state index in [0.717, 1.165) is 24.6 Å². The van der Waals surface area contributed by atoms with Gasteiger partial charge in [0.05, 0.1) is 0 Å². The largest absolute Gasteiger partial charge is 0.312 e. The number of hydrogen-bond acceptors (Lipinski definition) is 2. The molecular weight excluding hydrogens is 227 g/mol. The average Bonchev–Trinajstić information content (AvgIpc) is 2.75. The van der Waals surface area contributed by atoms with Gasteiger partial charge in [0, 0.05) is 25.7 Å². The molecule has 0 bridgehead atoms. The lowest BCUT2D eigenvalue weighted by Crippen LogP contribution is -2.40. The molecule has 2 aliphatic heterocycles. The molecule has 1 aromatic rings. The van der Waals surface area contributed by atoms with Gasteiger partial charge in [0.25, 0.3) is 0 Å². The highest BCUT2D eigenvalue weighted by Crippen LogP contribution is 2.26. The van der Waals surface area contributed by atoms with Crippen molar-refractivity contribution in [1.82, 2.24) is 10.2 Å². The van der Waals surface area contributed by atoms with Gasteiger partial charge >= 0.3 is 0 Å². The summed E-state index contributed by atoms with van der Waals surface area (Å²) in [6.07, 6.45) is 2.67. The van der Waals surface area contributed by atoms with Crippen molar-refractivity contribution in [3.63, 3.8) is 0 Å². The molecule has 98 valence electrons. The van der Waals surface area contributed by atoms with Crippen LogP contribution in [0.25, 0.3) is 0 Å². The van der Waals surface area contributed by atoms with Crippen LogP contribution in [-0.2, 0) is 6.54 Å². The SMILES string of the molecule is Cc1cc(F)ccc1CN1C[C@@H]2CCCN[C@@H]2C1. The van der Waals surface area contributed by atoms with Crippen LogP contribution in [0.5, 0.6) is 0 Å². The maximum Gasteiger partial charge on any atom is 0.123 e. The third-order valence-electron chi connectivity index (χ3n) is 4.37. The van der Waals surface area contributed by atoms with Crippen molar-refractivity contribution in [2.45, 2.75) is 32.4 Å². The predicted octanol–water partition coefficient (Wildman–Crippen LogP) is 2.32. The zero-order chi connectivity index (χ0) is 12.5. The van der Waals surface area contributed by atoms with Crippen molar-refractivity contribution in [1.29, 1.82) is 0 Å². The summed E-state index contributed by atoms with van der Waals surface area (Å²) in [6.45, 7) is 6.46. The second-order valence-electron chi connectivity index (χ2n) is 5.73. The molecule has 0 saturated carbocycles. The van der Waals surface area contributed by atoms with Crippen LogP contribution in [0.1, 0.15) is 24.0 Å². The van der Waals surface area contributed by atoms with Gasteiger partial charge in [0.15, 0.2) is 0 Å². The van der Waals surface area contributed by atoms with Gasteiger partial charge in [-0.2, -0.15) is 0 Å². The molecule has 2 saturated heterocycles. The van der Waals surface area contributed by atoms with Crippen LogP contribution in [0.2, 0.25) is 0 Å². The third kappa shape index (κ3) is 2.43. The number of nitrogens with one attached hydrogen (secondary N) is 1. The first kappa shape index (κ1) is 12.1. The highest BCUT2D eigenvalue weighted by Gasteiger charge is 2.33. The summed E-state index contributed by atoms with van der Waals surface area (Å²) in [5.74, 6) is 0.688. The van der Waals surface area contributed by atoms with Crippen LogP contribution in [0.15, 0.2) is 18.2 Å². The fourth-order valence-corrected chi connectivity index (χ4v) is 3.34. The van der Waals surface area contributed by atoms with Gasteiger partial charge in [-0.15, -0.1) is 0 Å². The van der Waals surface area contributed by atoms with Crippen molar-refractivity contribution in [3.05, 3.63) is 35.1 Å². The van der Waals surface area contributed by atoms with Crippen LogP contribution in [0.3, 0.4) is 0 Å². The Morgan fingerprint density at radius 1 is 1.39 bits per heavy atom. The topological polar surface area (TPSA) is 15.3 Å². The highest BCUT2D eigenvalue weighted by molar-refractivity contribution is 5.26. The molecule has 18 heavy (non-hydrogen) atoms. The molecule has 1 aromatic carbocycles. The van der Waals surface area contributed by atoms with Crippen LogP contribution in [0.4, 0.5) is 4.39 Å². The number of nitrogens with zero attached hydrogens (tertiary/aromatic N) is 1. The number of rotatable bonds is 2. The maximum absolute atomic E-state index is 13.1. The van der Waals surface area contributed by atoms with Crippen molar-refractivity contribution >= 4 is 0 Å². The molecule has 0 amide bonds. The Morgan fingerprint density at radius 3 is 3.06 bits per heavy atom. The first-order chi connectivity index (χ1) is 8.72. The van der Waals surface area contributed by atoms with Crippen molar-refractivity contribution in [2.24, 2.45) is 5.92 Å². The number of fused-ring (bicyclic) bond motifs is 1. The summed E-state index contributed by atoms with van der Waals surface area (Å²) in [4.78, 5) is 2.51. The maximum atomic E-state index is 13.1. The molecule has 3 rings (SSSR count). The molecule has 0 radical (unpaired) electrons. The monoisotopic (exact) mass is 248 g/mol. The summed E-state index contributed by atoms with van der Waals surface area (Å²) in [5.41, 5.74) is 2.33. The molecule has 2 fully saturated rings. The van der Waals surface area contributed by atoms with Crippen LogP contribution in [0, 0.1) is 18.7 Å². The van der Waals surface area contributed by atoms with Crippen LogP contribution in [-0.4, -0.2) is 30.6 Å². The normalized spacial score (nSPS) is 28.3. The minimum atomic E-state index is -0.131. The first-order valence-corrected chi connectivity index (χ1v) is 6.93. The molecule has 2 heterocycles. The molecule has 0 aromatic heterocycles. The second kappa shape index (κ2) is 4.98. The standard InChI is InChI=1S/C15H21FN2/c1-11-7-14(16)5-4-12(11)8-18-9-13-3-2-6-17-15(13)10-18/h4-5,7,13,15,17H,2-3,6,8-10H2,1H3/t13-,15+/m0/s1. The van der Waals surface area contributed by atoms with E-state index >= 15 is 0 Å². The van der Waals surface area contributed by atoms with E-state index < -0.39 is 0 Å². The Hall–Kier alpha value is -0.930. The molecule has 3 heteroatoms. The molecule has 0 unspecified atom stereocenters. The molecular formula is C15H21FN2. The van der Waals surface area contributed by atoms with E-state index in [1.165, 1.54) is 31.5 Å². The lowest BCUT2D eigenvalue weighted by atomic mass is 9.94. The lowest BCUT2D eigenvalue weighted by Gasteiger charge is -2.24. The minimum Gasteiger partial charge on any atom is -0.312 e. The molecule has 1 N–H and O–H groups in total. The Kier molecular flexibility index (Phi) is 3.35. The number of benzene rings is 1. The first-order valence-electron chi connectivity index (χ1n) is 6.93. The van der Waals surface area contributed by atoms with E-state index in [1.807, 2.05) is 13.0 Å². The lowest BCUT2D eigenvalue weighted by molar-refractivity contribution is 0.312. The van der Waals surface area contributed by atoms with Gasteiger partial charge in [-0.1, -0.05) is 6.07 Å². The summed E-state index contributed by atoms with van der Waals surface area (Å²) in [5, 5.41) is 3.62. The number of likely N-dealkylation sites (tertiary alicyclic amines) is 1. The summed E-state index contributed by atoms with van der Waals surface area (Å²) >= 11 is 0. The Balaban J connectivity index is 1.66. The molecule has 2 aliphatic rings. The summed E-state index contributed by atoms with van der Waals surface area (Å²) < 4.78 is 13.1. The zero-order valence-corrected chi connectivity index (χ0v) is 11.0. The van der Waals surface area contributed by atoms with E-state index in [0.29, 0.717) is 6.04 Å². The van der Waals surface area contributed by atoms with E-state index in [1.54, 1.807) is 12.1 Å². The molecule has 2 nitrogen and oxygen atoms in total. The Morgan fingerprint density at radius 2 is 2.28 bits per heavy atom. The van der Waals surface area contributed by atoms with Crippen molar-refractivity contribution < 1.29 is 4.39 Å². The van der Waals surface area contributed by atoms with Gasteiger partial charge in [-0.05, 0) is 55.5 Å². The zero-order valence-electron chi connectivity index (χ0n) is 11.0. The smallest absolute Gasteiger partial charge is 0.123 e. The molecule has 0 spiro atoms. The predicted molar refractivity (Wildman–Crippen MR) is 70.9 cm³/mol. The summed E-state index contributed by atoms with van der Waals surface area (Å²) in [7, 11) is 0. The van der Waals surface area contributed by atoms with E-state index in [9.17, 15) is 4.39 Å². The average molecular weight is 248 g/mol. The van der Waals surface area contributed by atoms with Gasteiger partial charge in [0.2, 0.25) is 0 Å². The quantitative estimate of drug-likeness (QED) is 0.864. The van der Waals surface area contributed by atoms with Gasteiger partial charge in [0.1, 0.15) is 5.82 Å². The Labute approximate surface area is 108 Å². The molecule has 0 aliphatic carbocycles. The fourth-order valence-electron chi connectivity index (χ4n) is 3.34. The number of piperidine rings is 1.